The number of nitrogens with one attached hydrogen (secondary N) is 1. The summed E-state index contributed by atoms with van der Waals surface area (Å²) < 4.78 is 0. The van der Waals surface area contributed by atoms with Gasteiger partial charge in [-0.15, -0.1) is 10.2 Å². The van der Waals surface area contributed by atoms with Crippen molar-refractivity contribution in [2.75, 3.05) is 18.4 Å². The largest absolute Gasteiger partial charge is 0.481 e. The number of carbonyl (C=O) groups is 2. The van der Waals surface area contributed by atoms with Gasteiger partial charge in [0.05, 0.1) is 5.92 Å². The summed E-state index contributed by atoms with van der Waals surface area (Å²) in [4.78, 5) is 24.6. The molecule has 1 aliphatic heterocycles. The van der Waals surface area contributed by atoms with E-state index in [0.29, 0.717) is 24.5 Å². The lowest BCUT2D eigenvalue weighted by molar-refractivity contribution is -0.141. The van der Waals surface area contributed by atoms with Crippen LogP contribution in [0.5, 0.6) is 0 Å². The third-order valence-corrected chi connectivity index (χ3v) is 4.82. The molecule has 126 valence electrons. The van der Waals surface area contributed by atoms with Gasteiger partial charge in [0.25, 0.3) is 0 Å². The van der Waals surface area contributed by atoms with Crippen LogP contribution in [-0.2, 0) is 11.2 Å². The summed E-state index contributed by atoms with van der Waals surface area (Å²) >= 11 is 1.33. The summed E-state index contributed by atoms with van der Waals surface area (Å²) in [5, 5.41) is 21.0. The number of benzene rings is 1. The van der Waals surface area contributed by atoms with Crippen molar-refractivity contribution >= 4 is 28.5 Å². The van der Waals surface area contributed by atoms with Crippen molar-refractivity contribution in [2.45, 2.75) is 19.8 Å². The molecule has 1 aliphatic rings. The van der Waals surface area contributed by atoms with Crippen LogP contribution in [0.25, 0.3) is 0 Å². The summed E-state index contributed by atoms with van der Waals surface area (Å²) in [6.07, 6.45) is 1.15. The molecule has 0 saturated carbocycles. The average molecular weight is 346 g/mol. The third kappa shape index (κ3) is 3.88. The van der Waals surface area contributed by atoms with Gasteiger partial charge in [0.2, 0.25) is 5.13 Å². The minimum Gasteiger partial charge on any atom is -0.481 e. The topological polar surface area (TPSA) is 95.4 Å². The van der Waals surface area contributed by atoms with Crippen LogP contribution in [0.1, 0.15) is 22.6 Å². The SMILES string of the molecule is Cc1ccc(Cc2nnc(NC(=O)N3CCC(C(=O)O)C3)s2)cc1. The molecule has 8 heteroatoms. The second-order valence-corrected chi connectivity index (χ2v) is 6.93. The lowest BCUT2D eigenvalue weighted by Gasteiger charge is -2.14. The smallest absolute Gasteiger partial charge is 0.323 e. The Morgan fingerprint density at radius 1 is 1.33 bits per heavy atom. The van der Waals surface area contributed by atoms with Crippen molar-refractivity contribution in [3.05, 3.63) is 40.4 Å². The number of nitrogens with zero attached hydrogens (tertiary/aromatic N) is 3. The summed E-state index contributed by atoms with van der Waals surface area (Å²) in [5.74, 6) is -1.34. The molecular weight excluding hydrogens is 328 g/mol. The summed E-state index contributed by atoms with van der Waals surface area (Å²) in [6, 6.07) is 7.87. The lowest BCUT2D eigenvalue weighted by Crippen LogP contribution is -2.33. The van der Waals surface area contributed by atoms with E-state index in [9.17, 15) is 9.59 Å². The first kappa shape index (κ1) is 16.4. The molecule has 0 aliphatic carbocycles. The number of hydrogen-bond donors (Lipinski definition) is 2. The number of aryl methyl sites for hydroxylation is 1. The average Bonchev–Trinajstić information content (AvgIpc) is 3.19. The molecule has 0 bridgehead atoms. The quantitative estimate of drug-likeness (QED) is 0.886. The molecule has 1 saturated heterocycles. The van der Waals surface area contributed by atoms with Crippen LogP contribution in [0.2, 0.25) is 0 Å². The Morgan fingerprint density at radius 2 is 2.08 bits per heavy atom. The third-order valence-electron chi connectivity index (χ3n) is 3.98. The number of carboxylic acid groups (broad SMARTS) is 1. The Balaban J connectivity index is 1.57. The molecule has 24 heavy (non-hydrogen) atoms. The first-order chi connectivity index (χ1) is 11.5. The van der Waals surface area contributed by atoms with E-state index in [2.05, 4.69) is 15.5 Å². The van der Waals surface area contributed by atoms with Crippen molar-refractivity contribution in [1.82, 2.24) is 15.1 Å². The lowest BCUT2D eigenvalue weighted by atomic mass is 10.1. The number of anilines is 1. The molecule has 0 radical (unpaired) electrons. The number of hydrogen-bond acceptors (Lipinski definition) is 5. The zero-order valence-corrected chi connectivity index (χ0v) is 14.0. The standard InChI is InChI=1S/C16H18N4O3S/c1-10-2-4-11(5-3-10)8-13-18-19-15(24-13)17-16(23)20-7-6-12(9-20)14(21)22/h2-5,12H,6-9H2,1H3,(H,21,22)(H,17,19,23). The van der Waals surface area contributed by atoms with Gasteiger partial charge >= 0.3 is 12.0 Å². The molecule has 1 aromatic heterocycles. The van der Waals surface area contributed by atoms with Crippen molar-refractivity contribution in [3.63, 3.8) is 0 Å². The van der Waals surface area contributed by atoms with Gasteiger partial charge in [-0.3, -0.25) is 10.1 Å². The van der Waals surface area contributed by atoms with Crippen LogP contribution in [0, 0.1) is 12.8 Å². The number of aromatic nitrogens is 2. The summed E-state index contributed by atoms with van der Waals surface area (Å²) in [6.45, 7) is 2.71. The highest BCUT2D eigenvalue weighted by Crippen LogP contribution is 2.21. The number of likely N-dealkylation sites (tertiary alicyclic amines) is 1. The molecule has 1 atom stereocenters. The fourth-order valence-electron chi connectivity index (χ4n) is 2.57. The number of urea groups is 1. The highest BCUT2D eigenvalue weighted by Gasteiger charge is 2.31. The zero-order valence-electron chi connectivity index (χ0n) is 13.2. The van der Waals surface area contributed by atoms with E-state index in [1.54, 1.807) is 0 Å². The van der Waals surface area contributed by atoms with Gasteiger partial charge in [0, 0.05) is 19.5 Å². The van der Waals surface area contributed by atoms with E-state index >= 15 is 0 Å². The van der Waals surface area contributed by atoms with E-state index < -0.39 is 11.9 Å². The highest BCUT2D eigenvalue weighted by molar-refractivity contribution is 7.15. The van der Waals surface area contributed by atoms with Gasteiger partial charge in [-0.2, -0.15) is 0 Å². The van der Waals surface area contributed by atoms with Crippen molar-refractivity contribution < 1.29 is 14.7 Å². The Kier molecular flexibility index (Phi) is 4.75. The number of amides is 2. The fourth-order valence-corrected chi connectivity index (χ4v) is 3.34. The molecule has 1 aromatic carbocycles. The van der Waals surface area contributed by atoms with Crippen molar-refractivity contribution in [3.8, 4) is 0 Å². The summed E-state index contributed by atoms with van der Waals surface area (Å²) in [5.41, 5.74) is 2.34. The van der Waals surface area contributed by atoms with Gasteiger partial charge in [0.1, 0.15) is 5.01 Å². The number of carbonyl (C=O) groups excluding carboxylic acids is 1. The second kappa shape index (κ2) is 6.96. The van der Waals surface area contributed by atoms with Gasteiger partial charge < -0.3 is 10.0 Å². The summed E-state index contributed by atoms with van der Waals surface area (Å²) in [7, 11) is 0. The minimum absolute atomic E-state index is 0.232. The molecule has 2 aromatic rings. The number of carboxylic acids is 1. The zero-order chi connectivity index (χ0) is 17.1. The maximum absolute atomic E-state index is 12.1. The normalized spacial score (nSPS) is 17.0. The highest BCUT2D eigenvalue weighted by atomic mass is 32.1. The van der Waals surface area contributed by atoms with Crippen molar-refractivity contribution in [1.29, 1.82) is 0 Å². The Morgan fingerprint density at radius 3 is 2.75 bits per heavy atom. The van der Waals surface area contributed by atoms with E-state index in [4.69, 9.17) is 5.11 Å². The van der Waals surface area contributed by atoms with Gasteiger partial charge in [0.15, 0.2) is 0 Å². The number of aliphatic carboxylic acids is 1. The first-order valence-electron chi connectivity index (χ1n) is 7.68. The maximum atomic E-state index is 12.1. The molecule has 0 spiro atoms. The van der Waals surface area contributed by atoms with E-state index in [1.807, 2.05) is 31.2 Å². The first-order valence-corrected chi connectivity index (χ1v) is 8.49. The van der Waals surface area contributed by atoms with Crippen LogP contribution >= 0.6 is 11.3 Å². The van der Waals surface area contributed by atoms with Gasteiger partial charge in [-0.05, 0) is 18.9 Å². The molecule has 1 unspecified atom stereocenters. The molecule has 2 heterocycles. The Bertz CT molecular complexity index is 744. The van der Waals surface area contributed by atoms with E-state index in [-0.39, 0.29) is 12.6 Å². The molecule has 3 rings (SSSR count). The van der Waals surface area contributed by atoms with Crippen LogP contribution < -0.4 is 5.32 Å². The Hall–Kier alpha value is -2.48. The minimum atomic E-state index is -0.860. The van der Waals surface area contributed by atoms with Crippen LogP contribution in [-0.4, -0.2) is 45.3 Å². The van der Waals surface area contributed by atoms with Gasteiger partial charge in [-0.1, -0.05) is 41.2 Å². The van der Waals surface area contributed by atoms with Gasteiger partial charge in [-0.25, -0.2) is 4.79 Å². The number of rotatable bonds is 4. The predicted molar refractivity (Wildman–Crippen MR) is 90.2 cm³/mol. The van der Waals surface area contributed by atoms with Crippen LogP contribution in [0.3, 0.4) is 0 Å². The van der Waals surface area contributed by atoms with Crippen LogP contribution in [0.4, 0.5) is 9.93 Å². The predicted octanol–water partition coefficient (Wildman–Crippen LogP) is 2.38. The van der Waals surface area contributed by atoms with E-state index in [1.165, 1.54) is 21.8 Å². The maximum Gasteiger partial charge on any atom is 0.323 e. The van der Waals surface area contributed by atoms with E-state index in [0.717, 1.165) is 10.6 Å². The molecule has 7 nitrogen and oxygen atoms in total. The fraction of sp³-hybridized carbons (Fsp3) is 0.375. The molecule has 2 N–H and O–H groups in total. The molecular formula is C16H18N4O3S. The van der Waals surface area contributed by atoms with Crippen molar-refractivity contribution in [2.24, 2.45) is 5.92 Å². The Labute approximate surface area is 143 Å². The molecule has 2 amide bonds. The second-order valence-electron chi connectivity index (χ2n) is 5.86. The molecule has 1 fully saturated rings. The van der Waals surface area contributed by atoms with Crippen LogP contribution in [0.15, 0.2) is 24.3 Å². The monoisotopic (exact) mass is 346 g/mol.